The van der Waals surface area contributed by atoms with Gasteiger partial charge in [-0.1, -0.05) is 61.6 Å². The molecule has 24 heavy (non-hydrogen) atoms. The lowest BCUT2D eigenvalue weighted by molar-refractivity contribution is 0.0155. The Kier molecular flexibility index (Phi) is 6.26. The quantitative estimate of drug-likeness (QED) is 0.407. The molecule has 0 aliphatic rings. The monoisotopic (exact) mass is 442 g/mol. The maximum atomic E-state index is 14.5. The van der Waals surface area contributed by atoms with Crippen LogP contribution >= 0.6 is 22.6 Å². The second-order valence-corrected chi connectivity index (χ2v) is 7.65. The molecule has 0 spiro atoms. The van der Waals surface area contributed by atoms with Gasteiger partial charge >= 0.3 is 0 Å². The molecule has 0 fully saturated rings. The normalized spacial score (nSPS) is 13.0. The van der Waals surface area contributed by atoms with Crippen LogP contribution in [0.15, 0.2) is 36.4 Å². The summed E-state index contributed by atoms with van der Waals surface area (Å²) in [7, 11) is 3.29. The van der Waals surface area contributed by atoms with Crippen molar-refractivity contribution >= 4 is 22.6 Å². The van der Waals surface area contributed by atoms with Gasteiger partial charge in [0.05, 0.1) is 13.2 Å². The summed E-state index contributed by atoms with van der Waals surface area (Å²) in [5, 5.41) is 0. The summed E-state index contributed by atoms with van der Waals surface area (Å²) >= 11 is 2.34. The molecule has 0 aliphatic carbocycles. The zero-order valence-electron chi connectivity index (χ0n) is 14.8. The lowest BCUT2D eigenvalue weighted by Gasteiger charge is -2.31. The third-order valence-corrected chi connectivity index (χ3v) is 4.92. The predicted molar refractivity (Wildman–Crippen MR) is 105 cm³/mol. The summed E-state index contributed by atoms with van der Waals surface area (Å²) in [6, 6.07) is 11.0. The van der Waals surface area contributed by atoms with Crippen LogP contribution in [0.25, 0.3) is 11.1 Å². The van der Waals surface area contributed by atoms with E-state index in [4.69, 9.17) is 9.47 Å². The first-order valence-corrected chi connectivity index (χ1v) is 9.40. The first-order chi connectivity index (χ1) is 11.3. The fourth-order valence-electron chi connectivity index (χ4n) is 2.94. The molecule has 0 heterocycles. The van der Waals surface area contributed by atoms with Crippen LogP contribution in [0.3, 0.4) is 0 Å². The number of halogens is 2. The molecule has 2 nitrogen and oxygen atoms in total. The third-order valence-electron chi connectivity index (χ3n) is 4.04. The van der Waals surface area contributed by atoms with Crippen LogP contribution in [0.5, 0.6) is 5.75 Å². The molecule has 0 radical (unpaired) electrons. The molecular weight excluding hydrogens is 418 g/mol. The van der Waals surface area contributed by atoms with Crippen molar-refractivity contribution < 1.29 is 13.9 Å². The zero-order valence-corrected chi connectivity index (χ0v) is 17.0. The van der Waals surface area contributed by atoms with Crippen molar-refractivity contribution in [1.82, 2.24) is 0 Å². The number of hydrogen-bond donors (Lipinski definition) is 0. The Labute approximate surface area is 157 Å². The highest BCUT2D eigenvalue weighted by Crippen LogP contribution is 2.42. The van der Waals surface area contributed by atoms with Crippen molar-refractivity contribution in [2.45, 2.75) is 31.3 Å². The SMILES string of the molecule is COc1ccc(F)c(-c2ccc(CI)cc2[C@H](OC)C(C)(C)C)c1. The molecule has 2 aromatic rings. The van der Waals surface area contributed by atoms with Gasteiger partial charge in [0.25, 0.3) is 0 Å². The number of hydrogen-bond acceptors (Lipinski definition) is 2. The van der Waals surface area contributed by atoms with Gasteiger partial charge in [-0.3, -0.25) is 0 Å². The van der Waals surface area contributed by atoms with E-state index in [1.165, 1.54) is 11.6 Å². The molecule has 0 N–H and O–H groups in total. The molecule has 2 aromatic carbocycles. The van der Waals surface area contributed by atoms with Crippen molar-refractivity contribution in [2.24, 2.45) is 5.41 Å². The summed E-state index contributed by atoms with van der Waals surface area (Å²) in [5.41, 5.74) is 3.48. The van der Waals surface area contributed by atoms with E-state index in [2.05, 4.69) is 49.4 Å². The molecule has 0 unspecified atom stereocenters. The Morgan fingerprint density at radius 3 is 2.29 bits per heavy atom. The van der Waals surface area contributed by atoms with Crippen LogP contribution < -0.4 is 4.74 Å². The average Bonchev–Trinajstić information content (AvgIpc) is 2.55. The van der Waals surface area contributed by atoms with Crippen molar-refractivity contribution in [3.05, 3.63) is 53.3 Å². The van der Waals surface area contributed by atoms with Crippen LogP contribution in [0.1, 0.15) is 38.0 Å². The second kappa shape index (κ2) is 7.83. The molecule has 2 rings (SSSR count). The van der Waals surface area contributed by atoms with E-state index in [1.807, 2.05) is 12.1 Å². The topological polar surface area (TPSA) is 18.5 Å². The standard InChI is InChI=1S/C20H24FIO2/c1-20(2,3)19(24-5)17-10-13(12-22)6-8-15(17)16-11-14(23-4)7-9-18(16)21/h6-11,19H,12H2,1-5H3/t19-/m0/s1. The van der Waals surface area contributed by atoms with Crippen molar-refractivity contribution in [2.75, 3.05) is 14.2 Å². The number of alkyl halides is 1. The smallest absolute Gasteiger partial charge is 0.131 e. The highest BCUT2D eigenvalue weighted by molar-refractivity contribution is 14.1. The van der Waals surface area contributed by atoms with E-state index in [-0.39, 0.29) is 17.3 Å². The summed E-state index contributed by atoms with van der Waals surface area (Å²) in [6.07, 6.45) is -0.138. The van der Waals surface area contributed by atoms with E-state index in [0.29, 0.717) is 11.3 Å². The molecule has 4 heteroatoms. The summed E-state index contributed by atoms with van der Waals surface area (Å²) in [5.74, 6) is 0.378. The van der Waals surface area contributed by atoms with E-state index in [1.54, 1.807) is 26.4 Å². The van der Waals surface area contributed by atoms with Crippen LogP contribution in [0, 0.1) is 11.2 Å². The Bertz CT molecular complexity index is 707. The molecule has 1 atom stereocenters. The van der Waals surface area contributed by atoms with Gasteiger partial charge in [-0.15, -0.1) is 0 Å². The van der Waals surface area contributed by atoms with Gasteiger partial charge in [-0.2, -0.15) is 0 Å². The molecule has 0 bridgehead atoms. The van der Waals surface area contributed by atoms with Crippen molar-refractivity contribution in [1.29, 1.82) is 0 Å². The lowest BCUT2D eigenvalue weighted by Crippen LogP contribution is -2.21. The Balaban J connectivity index is 2.70. The third kappa shape index (κ3) is 4.09. The van der Waals surface area contributed by atoms with Crippen LogP contribution in [-0.2, 0) is 9.16 Å². The number of benzene rings is 2. The molecule has 0 aliphatic heterocycles. The average molecular weight is 442 g/mol. The summed E-state index contributed by atoms with van der Waals surface area (Å²) in [4.78, 5) is 0. The molecule has 0 saturated carbocycles. The lowest BCUT2D eigenvalue weighted by atomic mass is 9.81. The number of methoxy groups -OCH3 is 2. The summed E-state index contributed by atoms with van der Waals surface area (Å²) in [6.45, 7) is 6.39. The predicted octanol–water partition coefficient (Wildman–Crippen LogP) is 6.17. The van der Waals surface area contributed by atoms with Crippen molar-refractivity contribution in [3.63, 3.8) is 0 Å². The Hall–Kier alpha value is -1.14. The van der Waals surface area contributed by atoms with E-state index < -0.39 is 0 Å². The van der Waals surface area contributed by atoms with E-state index >= 15 is 0 Å². The molecular formula is C20H24FIO2. The maximum Gasteiger partial charge on any atom is 0.131 e. The highest BCUT2D eigenvalue weighted by atomic mass is 127. The van der Waals surface area contributed by atoms with Gasteiger partial charge < -0.3 is 9.47 Å². The van der Waals surface area contributed by atoms with Crippen LogP contribution in [-0.4, -0.2) is 14.2 Å². The van der Waals surface area contributed by atoms with Gasteiger partial charge in [0.15, 0.2) is 0 Å². The molecule has 0 aromatic heterocycles. The molecule has 130 valence electrons. The number of rotatable bonds is 5. The first-order valence-electron chi connectivity index (χ1n) is 7.87. The fourth-order valence-corrected chi connectivity index (χ4v) is 3.42. The second-order valence-electron chi connectivity index (χ2n) is 6.88. The van der Waals surface area contributed by atoms with Gasteiger partial charge in [0.1, 0.15) is 11.6 Å². The van der Waals surface area contributed by atoms with Crippen molar-refractivity contribution in [3.8, 4) is 16.9 Å². The van der Waals surface area contributed by atoms with Crippen LogP contribution in [0.2, 0.25) is 0 Å². The first kappa shape index (κ1) is 19.2. The zero-order chi connectivity index (χ0) is 17.9. The van der Waals surface area contributed by atoms with E-state index in [9.17, 15) is 4.39 Å². The van der Waals surface area contributed by atoms with Gasteiger partial charge in [0.2, 0.25) is 0 Å². The minimum absolute atomic E-state index is 0.108. The summed E-state index contributed by atoms with van der Waals surface area (Å²) < 4.78 is 26.5. The van der Waals surface area contributed by atoms with Crippen LogP contribution in [0.4, 0.5) is 4.39 Å². The Morgan fingerprint density at radius 1 is 1.04 bits per heavy atom. The minimum Gasteiger partial charge on any atom is -0.497 e. The largest absolute Gasteiger partial charge is 0.497 e. The Morgan fingerprint density at radius 2 is 1.75 bits per heavy atom. The van der Waals surface area contributed by atoms with Gasteiger partial charge in [0, 0.05) is 17.1 Å². The molecule has 0 saturated heterocycles. The minimum atomic E-state index is -0.261. The van der Waals surface area contributed by atoms with Gasteiger partial charge in [-0.05, 0) is 40.3 Å². The maximum absolute atomic E-state index is 14.5. The van der Waals surface area contributed by atoms with E-state index in [0.717, 1.165) is 15.6 Å². The number of ether oxygens (including phenoxy) is 2. The fraction of sp³-hybridized carbons (Fsp3) is 0.400. The molecule has 0 amide bonds. The van der Waals surface area contributed by atoms with Gasteiger partial charge in [-0.25, -0.2) is 4.39 Å². The highest BCUT2D eigenvalue weighted by Gasteiger charge is 2.29.